The maximum Gasteiger partial charge on any atom is 0.320 e. The molecular weight excluding hydrogens is 182 g/mol. The van der Waals surface area contributed by atoms with Crippen molar-refractivity contribution in [3.05, 3.63) is 18.2 Å². The molecule has 1 aromatic heterocycles. The molecule has 0 aromatic carbocycles. The van der Waals surface area contributed by atoms with Crippen molar-refractivity contribution in [2.24, 2.45) is 5.73 Å². The Balaban J connectivity index is 0. The molecule has 1 unspecified atom stereocenters. The molecule has 1 atom stereocenters. The summed E-state index contributed by atoms with van der Waals surface area (Å²) in [6.07, 6.45) is 3.94. The summed E-state index contributed by atoms with van der Waals surface area (Å²) in [5.41, 5.74) is 6.12. The number of carbonyl (C=O) groups is 1. The molecule has 0 saturated carbocycles. The Labute approximate surface area is 84.4 Å². The first-order valence-corrected chi connectivity index (χ1v) is 4.01. The summed E-state index contributed by atoms with van der Waals surface area (Å²) >= 11 is 0. The van der Waals surface area contributed by atoms with Gasteiger partial charge in [-0.25, -0.2) is 4.98 Å². The number of carboxylic acid groups (broad SMARTS) is 1. The fourth-order valence-electron chi connectivity index (χ4n) is 0.500. The van der Waals surface area contributed by atoms with Gasteiger partial charge in [0.25, 0.3) is 0 Å². The third-order valence-corrected chi connectivity index (χ3v) is 1.39. The monoisotopic (exact) mass is 201 g/mol. The van der Waals surface area contributed by atoms with E-state index >= 15 is 0 Å². The van der Waals surface area contributed by atoms with Crippen LogP contribution in [0.15, 0.2) is 12.5 Å². The number of nitrogens with two attached hydrogens (primary N) is 1. The van der Waals surface area contributed by atoms with Crippen LogP contribution in [0.2, 0.25) is 0 Å². The van der Waals surface area contributed by atoms with Gasteiger partial charge in [0.15, 0.2) is 0 Å². The standard InChI is InChI=1S/C4H6N2.C4H9NO2.CH4/c1-4-2-5-3-6-4;1-2-3(5)4(6)7;/h2-3H,1H3,(H,5,6);3H,2,5H2,1H3,(H,6,7);1H4. The van der Waals surface area contributed by atoms with Crippen LogP contribution in [0.1, 0.15) is 26.5 Å². The molecule has 0 saturated heterocycles. The zero-order valence-electron chi connectivity index (χ0n) is 7.82. The van der Waals surface area contributed by atoms with Crippen LogP contribution in [0.4, 0.5) is 0 Å². The van der Waals surface area contributed by atoms with Crippen LogP contribution >= 0.6 is 0 Å². The van der Waals surface area contributed by atoms with Crippen LogP contribution in [0, 0.1) is 6.92 Å². The number of hydrogen-bond acceptors (Lipinski definition) is 3. The van der Waals surface area contributed by atoms with Gasteiger partial charge < -0.3 is 15.8 Å². The number of aliphatic carboxylic acids is 1. The van der Waals surface area contributed by atoms with Crippen LogP contribution in [0.25, 0.3) is 0 Å². The summed E-state index contributed by atoms with van der Waals surface area (Å²) in [5.74, 6) is -0.928. The fourth-order valence-corrected chi connectivity index (χ4v) is 0.500. The van der Waals surface area contributed by atoms with E-state index in [1.54, 1.807) is 19.4 Å². The minimum atomic E-state index is -0.928. The lowest BCUT2D eigenvalue weighted by atomic mass is 10.2. The second kappa shape index (κ2) is 8.25. The van der Waals surface area contributed by atoms with E-state index in [1.807, 2.05) is 6.92 Å². The van der Waals surface area contributed by atoms with Gasteiger partial charge in [-0.1, -0.05) is 14.4 Å². The first-order chi connectivity index (χ1) is 6.07. The smallest absolute Gasteiger partial charge is 0.320 e. The van der Waals surface area contributed by atoms with Gasteiger partial charge in [-0.3, -0.25) is 4.79 Å². The van der Waals surface area contributed by atoms with Gasteiger partial charge in [-0.2, -0.15) is 0 Å². The zero-order chi connectivity index (χ0) is 10.3. The van der Waals surface area contributed by atoms with Crippen molar-refractivity contribution in [1.29, 1.82) is 0 Å². The predicted molar refractivity (Wildman–Crippen MR) is 56.0 cm³/mol. The molecule has 0 bridgehead atoms. The van der Waals surface area contributed by atoms with Crippen LogP contribution in [0.5, 0.6) is 0 Å². The molecule has 1 aromatic rings. The predicted octanol–water partition coefficient (Wildman–Crippen LogP) is 1.16. The van der Waals surface area contributed by atoms with Gasteiger partial charge in [0.2, 0.25) is 0 Å². The third kappa shape index (κ3) is 7.30. The average Bonchev–Trinajstić information content (AvgIpc) is 2.55. The number of H-pyrrole nitrogens is 1. The Bertz CT molecular complexity index is 234. The molecule has 0 fully saturated rings. The van der Waals surface area contributed by atoms with Crippen molar-refractivity contribution in [2.75, 3.05) is 0 Å². The summed E-state index contributed by atoms with van der Waals surface area (Å²) < 4.78 is 0. The van der Waals surface area contributed by atoms with E-state index in [4.69, 9.17) is 10.8 Å². The molecule has 0 aliphatic rings. The molecule has 5 heteroatoms. The van der Waals surface area contributed by atoms with Gasteiger partial charge in [0, 0.05) is 11.9 Å². The molecule has 0 radical (unpaired) electrons. The number of aryl methyl sites for hydroxylation is 1. The Morgan fingerprint density at radius 2 is 2.36 bits per heavy atom. The first-order valence-electron chi connectivity index (χ1n) is 4.01. The Morgan fingerprint density at radius 1 is 1.79 bits per heavy atom. The highest BCUT2D eigenvalue weighted by atomic mass is 16.4. The number of rotatable bonds is 2. The minimum Gasteiger partial charge on any atom is -0.480 e. The maximum absolute atomic E-state index is 9.81. The van der Waals surface area contributed by atoms with Crippen molar-refractivity contribution in [3.63, 3.8) is 0 Å². The number of nitrogens with one attached hydrogen (secondary N) is 1. The molecule has 82 valence electrons. The van der Waals surface area contributed by atoms with E-state index in [0.29, 0.717) is 6.42 Å². The number of aromatic nitrogens is 2. The fraction of sp³-hybridized carbons (Fsp3) is 0.556. The SMILES string of the molecule is C.CCC(N)C(=O)O.Cc1cnc[nH]1. The molecule has 1 heterocycles. The van der Waals surface area contributed by atoms with E-state index < -0.39 is 12.0 Å². The topological polar surface area (TPSA) is 92.0 Å². The maximum atomic E-state index is 9.81. The molecule has 1 rings (SSSR count). The molecule has 5 nitrogen and oxygen atoms in total. The largest absolute Gasteiger partial charge is 0.480 e. The van der Waals surface area contributed by atoms with E-state index in [9.17, 15) is 4.79 Å². The number of aromatic amines is 1. The lowest BCUT2D eigenvalue weighted by Crippen LogP contribution is -2.28. The lowest BCUT2D eigenvalue weighted by molar-refractivity contribution is -0.138. The summed E-state index contributed by atoms with van der Waals surface area (Å²) in [6, 6.07) is -0.681. The second-order valence-corrected chi connectivity index (χ2v) is 2.59. The Kier molecular flexibility index (Phi) is 8.91. The highest BCUT2D eigenvalue weighted by molar-refractivity contribution is 5.72. The lowest BCUT2D eigenvalue weighted by Gasteiger charge is -1.97. The molecule has 0 amide bonds. The number of nitrogens with zero attached hydrogens (tertiary/aromatic N) is 1. The van der Waals surface area contributed by atoms with E-state index in [1.165, 1.54) is 0 Å². The van der Waals surface area contributed by atoms with Crippen molar-refractivity contribution in [2.45, 2.75) is 33.7 Å². The minimum absolute atomic E-state index is 0. The van der Waals surface area contributed by atoms with Crippen molar-refractivity contribution in [3.8, 4) is 0 Å². The molecule has 14 heavy (non-hydrogen) atoms. The zero-order valence-corrected chi connectivity index (χ0v) is 7.82. The van der Waals surface area contributed by atoms with Crippen LogP contribution < -0.4 is 5.73 Å². The summed E-state index contributed by atoms with van der Waals surface area (Å²) in [7, 11) is 0. The number of hydrogen-bond donors (Lipinski definition) is 3. The molecule has 0 spiro atoms. The van der Waals surface area contributed by atoms with Gasteiger partial charge in [-0.05, 0) is 13.3 Å². The van der Waals surface area contributed by atoms with E-state index in [2.05, 4.69) is 9.97 Å². The summed E-state index contributed by atoms with van der Waals surface area (Å²) in [6.45, 7) is 3.70. The van der Waals surface area contributed by atoms with E-state index in [0.717, 1.165) is 5.69 Å². The average molecular weight is 201 g/mol. The van der Waals surface area contributed by atoms with Gasteiger partial charge in [0.1, 0.15) is 6.04 Å². The van der Waals surface area contributed by atoms with Crippen LogP contribution in [-0.4, -0.2) is 27.1 Å². The Hall–Kier alpha value is -1.36. The van der Waals surface area contributed by atoms with Gasteiger partial charge in [-0.15, -0.1) is 0 Å². The van der Waals surface area contributed by atoms with Crippen molar-refractivity contribution >= 4 is 5.97 Å². The van der Waals surface area contributed by atoms with Crippen molar-refractivity contribution in [1.82, 2.24) is 9.97 Å². The molecular formula is C9H19N3O2. The summed E-state index contributed by atoms with van der Waals surface area (Å²) in [4.78, 5) is 16.5. The highest BCUT2D eigenvalue weighted by Crippen LogP contribution is 1.82. The van der Waals surface area contributed by atoms with Crippen molar-refractivity contribution < 1.29 is 9.90 Å². The molecule has 4 N–H and O–H groups in total. The second-order valence-electron chi connectivity index (χ2n) is 2.59. The van der Waals surface area contributed by atoms with E-state index in [-0.39, 0.29) is 7.43 Å². The van der Waals surface area contributed by atoms with Gasteiger partial charge >= 0.3 is 5.97 Å². The van der Waals surface area contributed by atoms with Crippen LogP contribution in [0.3, 0.4) is 0 Å². The Morgan fingerprint density at radius 3 is 2.43 bits per heavy atom. The molecule has 0 aliphatic heterocycles. The normalized spacial score (nSPS) is 10.5. The van der Waals surface area contributed by atoms with Crippen LogP contribution in [-0.2, 0) is 4.79 Å². The summed E-state index contributed by atoms with van der Waals surface area (Å²) in [5, 5.41) is 8.06. The third-order valence-electron chi connectivity index (χ3n) is 1.39. The van der Waals surface area contributed by atoms with Gasteiger partial charge in [0.05, 0.1) is 6.33 Å². The molecule has 0 aliphatic carbocycles. The first kappa shape index (κ1) is 15.1. The number of carboxylic acids is 1. The quantitative estimate of drug-likeness (QED) is 0.669. The number of imidazole rings is 1. The highest BCUT2D eigenvalue weighted by Gasteiger charge is 2.05.